The molecule has 3 nitrogen and oxygen atoms in total. The second kappa shape index (κ2) is 4.93. The van der Waals surface area contributed by atoms with Crippen molar-refractivity contribution in [2.75, 3.05) is 24.7 Å². The predicted octanol–water partition coefficient (Wildman–Crippen LogP) is 3.19. The van der Waals surface area contributed by atoms with Gasteiger partial charge >= 0.3 is 0 Å². The van der Waals surface area contributed by atoms with Crippen LogP contribution >= 0.6 is 11.8 Å². The molecule has 0 N–H and O–H groups in total. The largest absolute Gasteiger partial charge is 0.374 e. The van der Waals surface area contributed by atoms with Gasteiger partial charge in [-0.2, -0.15) is 5.10 Å². The molecule has 0 radical (unpaired) electrons. The van der Waals surface area contributed by atoms with Crippen molar-refractivity contribution in [3.8, 4) is 11.1 Å². The molecule has 100 valence electrons. The van der Waals surface area contributed by atoms with Crippen LogP contribution in [0.1, 0.15) is 12.0 Å². The molecular formula is C15H19N3S. The molecule has 0 bridgehead atoms. The van der Waals surface area contributed by atoms with Crippen LogP contribution in [0, 0.1) is 0 Å². The summed E-state index contributed by atoms with van der Waals surface area (Å²) in [5.41, 5.74) is 5.38. The fraction of sp³-hybridized carbons (Fsp3) is 0.400. The Morgan fingerprint density at radius 1 is 1.26 bits per heavy atom. The molecule has 1 aliphatic heterocycles. The van der Waals surface area contributed by atoms with Gasteiger partial charge in [-0.1, -0.05) is 0 Å². The van der Waals surface area contributed by atoms with Gasteiger partial charge in [0.2, 0.25) is 0 Å². The molecule has 1 aromatic carbocycles. The maximum atomic E-state index is 4.29. The Morgan fingerprint density at radius 2 is 2.11 bits per heavy atom. The lowest BCUT2D eigenvalue weighted by atomic mass is 9.97. The zero-order valence-corrected chi connectivity index (χ0v) is 12.5. The summed E-state index contributed by atoms with van der Waals surface area (Å²) < 4.78 is 1.87. The summed E-state index contributed by atoms with van der Waals surface area (Å²) in [5, 5.41) is 4.29. The van der Waals surface area contributed by atoms with E-state index in [1.165, 1.54) is 40.1 Å². The van der Waals surface area contributed by atoms with Gasteiger partial charge in [-0.25, -0.2) is 0 Å². The standard InChI is InChI=1S/C15H19N3S/c1-17-6-4-5-11-7-13(12-9-16-18(2)10-12)15(19-3)8-14(11)17/h7-10H,4-6H2,1-3H3. The number of rotatable bonds is 2. The molecule has 1 aliphatic rings. The Labute approximate surface area is 118 Å². The predicted molar refractivity (Wildman–Crippen MR) is 82.0 cm³/mol. The maximum Gasteiger partial charge on any atom is 0.0568 e. The quantitative estimate of drug-likeness (QED) is 0.784. The Morgan fingerprint density at radius 3 is 2.79 bits per heavy atom. The van der Waals surface area contributed by atoms with Gasteiger partial charge in [0.05, 0.1) is 6.20 Å². The van der Waals surface area contributed by atoms with Gasteiger partial charge in [-0.3, -0.25) is 4.68 Å². The lowest BCUT2D eigenvalue weighted by molar-refractivity contribution is 0.743. The number of benzene rings is 1. The van der Waals surface area contributed by atoms with E-state index >= 15 is 0 Å². The van der Waals surface area contributed by atoms with Crippen molar-refractivity contribution in [2.45, 2.75) is 17.7 Å². The van der Waals surface area contributed by atoms with Gasteiger partial charge in [-0.05, 0) is 42.4 Å². The molecule has 0 atom stereocenters. The first kappa shape index (κ1) is 12.6. The summed E-state index contributed by atoms with van der Waals surface area (Å²) in [6.45, 7) is 1.16. The molecule has 0 aliphatic carbocycles. The Kier molecular flexibility index (Phi) is 3.27. The molecule has 2 aromatic rings. The fourth-order valence-corrected chi connectivity index (χ4v) is 3.38. The number of nitrogens with zero attached hydrogens (tertiary/aromatic N) is 3. The summed E-state index contributed by atoms with van der Waals surface area (Å²) in [4.78, 5) is 3.70. The van der Waals surface area contributed by atoms with E-state index in [4.69, 9.17) is 0 Å². The highest BCUT2D eigenvalue weighted by molar-refractivity contribution is 7.98. The molecular weight excluding hydrogens is 254 g/mol. The third kappa shape index (κ3) is 2.25. The van der Waals surface area contributed by atoms with E-state index in [0.29, 0.717) is 0 Å². The summed E-state index contributed by atoms with van der Waals surface area (Å²) >= 11 is 1.81. The van der Waals surface area contributed by atoms with E-state index < -0.39 is 0 Å². The minimum atomic E-state index is 1.16. The van der Waals surface area contributed by atoms with Crippen molar-refractivity contribution in [2.24, 2.45) is 7.05 Å². The highest BCUT2D eigenvalue weighted by Gasteiger charge is 2.17. The third-order valence-corrected chi connectivity index (χ3v) is 4.55. The highest BCUT2D eigenvalue weighted by Crippen LogP contribution is 2.37. The Bertz CT molecular complexity index is 603. The molecule has 19 heavy (non-hydrogen) atoms. The zero-order chi connectivity index (χ0) is 13.4. The molecule has 2 heterocycles. The van der Waals surface area contributed by atoms with Crippen LogP contribution in [0.2, 0.25) is 0 Å². The van der Waals surface area contributed by atoms with E-state index in [1.807, 2.05) is 29.7 Å². The Balaban J connectivity index is 2.14. The summed E-state index contributed by atoms with van der Waals surface area (Å²) in [5.74, 6) is 0. The molecule has 4 heteroatoms. The van der Waals surface area contributed by atoms with Crippen LogP contribution in [0.3, 0.4) is 0 Å². The lowest BCUT2D eigenvalue weighted by Crippen LogP contribution is -2.24. The maximum absolute atomic E-state index is 4.29. The van der Waals surface area contributed by atoms with E-state index in [1.54, 1.807) is 0 Å². The molecule has 0 spiro atoms. The van der Waals surface area contributed by atoms with E-state index in [2.05, 4.69) is 41.6 Å². The van der Waals surface area contributed by atoms with Crippen molar-refractivity contribution in [3.05, 3.63) is 30.1 Å². The number of aryl methyl sites for hydroxylation is 2. The van der Waals surface area contributed by atoms with Crippen molar-refractivity contribution >= 4 is 17.4 Å². The first-order valence-electron chi connectivity index (χ1n) is 6.60. The molecule has 3 rings (SSSR count). The molecule has 1 aromatic heterocycles. The van der Waals surface area contributed by atoms with Crippen LogP contribution in [0.5, 0.6) is 0 Å². The fourth-order valence-electron chi connectivity index (χ4n) is 2.75. The number of hydrogen-bond donors (Lipinski definition) is 0. The van der Waals surface area contributed by atoms with Gasteiger partial charge in [-0.15, -0.1) is 11.8 Å². The molecule has 0 saturated carbocycles. The van der Waals surface area contributed by atoms with Crippen molar-refractivity contribution in [1.29, 1.82) is 0 Å². The summed E-state index contributed by atoms with van der Waals surface area (Å²) in [6.07, 6.45) is 8.61. The topological polar surface area (TPSA) is 21.1 Å². The lowest BCUT2D eigenvalue weighted by Gasteiger charge is -2.28. The highest BCUT2D eigenvalue weighted by atomic mass is 32.2. The normalized spacial score (nSPS) is 14.6. The van der Waals surface area contributed by atoms with Crippen molar-refractivity contribution in [3.63, 3.8) is 0 Å². The summed E-state index contributed by atoms with van der Waals surface area (Å²) in [7, 11) is 4.15. The average Bonchev–Trinajstić information content (AvgIpc) is 2.84. The molecule has 0 amide bonds. The zero-order valence-electron chi connectivity index (χ0n) is 11.7. The van der Waals surface area contributed by atoms with Crippen molar-refractivity contribution < 1.29 is 0 Å². The molecule has 0 saturated heterocycles. The van der Waals surface area contributed by atoms with E-state index in [-0.39, 0.29) is 0 Å². The van der Waals surface area contributed by atoms with Crippen molar-refractivity contribution in [1.82, 2.24) is 9.78 Å². The minimum absolute atomic E-state index is 1.16. The summed E-state index contributed by atoms with van der Waals surface area (Å²) in [6, 6.07) is 4.69. The second-order valence-corrected chi connectivity index (χ2v) is 5.96. The van der Waals surface area contributed by atoms with Gasteiger partial charge in [0, 0.05) is 43.0 Å². The minimum Gasteiger partial charge on any atom is -0.374 e. The number of anilines is 1. The van der Waals surface area contributed by atoms with Crippen LogP contribution in [0.4, 0.5) is 5.69 Å². The smallest absolute Gasteiger partial charge is 0.0568 e. The first-order chi connectivity index (χ1) is 9.19. The van der Waals surface area contributed by atoms with E-state index in [9.17, 15) is 0 Å². The van der Waals surface area contributed by atoms with Gasteiger partial charge < -0.3 is 4.90 Å². The second-order valence-electron chi connectivity index (χ2n) is 5.11. The SMILES string of the molecule is CSc1cc2c(cc1-c1cnn(C)c1)CCCN2C. The van der Waals surface area contributed by atoms with Crippen LogP contribution < -0.4 is 4.90 Å². The number of aromatic nitrogens is 2. The number of thioether (sulfide) groups is 1. The first-order valence-corrected chi connectivity index (χ1v) is 7.82. The third-order valence-electron chi connectivity index (χ3n) is 3.77. The number of hydrogen-bond acceptors (Lipinski definition) is 3. The van der Waals surface area contributed by atoms with E-state index in [0.717, 1.165) is 6.54 Å². The van der Waals surface area contributed by atoms with Crippen LogP contribution in [0.25, 0.3) is 11.1 Å². The van der Waals surface area contributed by atoms with Gasteiger partial charge in [0.15, 0.2) is 0 Å². The molecule has 0 fully saturated rings. The average molecular weight is 273 g/mol. The monoisotopic (exact) mass is 273 g/mol. The number of fused-ring (bicyclic) bond motifs is 1. The molecule has 0 unspecified atom stereocenters. The van der Waals surface area contributed by atoms with Gasteiger partial charge in [0.25, 0.3) is 0 Å². The van der Waals surface area contributed by atoms with Crippen LogP contribution in [0.15, 0.2) is 29.4 Å². The Hall–Kier alpha value is -1.42. The van der Waals surface area contributed by atoms with Gasteiger partial charge in [0.1, 0.15) is 0 Å². The van der Waals surface area contributed by atoms with Crippen LogP contribution in [-0.2, 0) is 13.5 Å². The van der Waals surface area contributed by atoms with Crippen LogP contribution in [-0.4, -0.2) is 29.6 Å².